The Balaban J connectivity index is 1.59. The van der Waals surface area contributed by atoms with Crippen LogP contribution >= 0.6 is 0 Å². The van der Waals surface area contributed by atoms with Crippen LogP contribution in [0.25, 0.3) is 10.9 Å². The van der Waals surface area contributed by atoms with Gasteiger partial charge in [-0.1, -0.05) is 25.3 Å². The third kappa shape index (κ3) is 5.35. The Morgan fingerprint density at radius 2 is 1.74 bits per heavy atom. The van der Waals surface area contributed by atoms with Crippen molar-refractivity contribution < 1.29 is 14.2 Å². The fraction of sp³-hybridized carbons (Fsp3) is 0.417. The monoisotopic (exact) mass is 422 g/mol. The first-order valence-electron chi connectivity index (χ1n) is 10.9. The minimum absolute atomic E-state index is 0.439. The molecule has 0 unspecified atom stereocenters. The Bertz CT molecular complexity index is 988. The Labute approximate surface area is 183 Å². The second-order valence-electron chi connectivity index (χ2n) is 7.72. The SMILES string of the molecule is COCCOc1ccc(Nc2nc(NC3CCCCC3)c3cccc(OC)c3n2)cc1. The van der Waals surface area contributed by atoms with E-state index in [1.165, 1.54) is 32.1 Å². The molecule has 0 radical (unpaired) electrons. The number of anilines is 3. The van der Waals surface area contributed by atoms with Crippen molar-refractivity contribution in [3.63, 3.8) is 0 Å². The van der Waals surface area contributed by atoms with E-state index < -0.39 is 0 Å². The van der Waals surface area contributed by atoms with Crippen LogP contribution in [0.15, 0.2) is 42.5 Å². The molecule has 2 N–H and O–H groups in total. The van der Waals surface area contributed by atoms with E-state index in [0.717, 1.165) is 33.9 Å². The smallest absolute Gasteiger partial charge is 0.229 e. The van der Waals surface area contributed by atoms with Gasteiger partial charge < -0.3 is 24.8 Å². The average molecular weight is 423 g/mol. The normalized spacial score (nSPS) is 14.4. The van der Waals surface area contributed by atoms with Gasteiger partial charge >= 0.3 is 0 Å². The summed E-state index contributed by atoms with van der Waals surface area (Å²) in [7, 11) is 3.33. The van der Waals surface area contributed by atoms with Gasteiger partial charge in [-0.25, -0.2) is 4.98 Å². The van der Waals surface area contributed by atoms with Crippen LogP contribution < -0.4 is 20.1 Å². The number of para-hydroxylation sites is 1. The topological polar surface area (TPSA) is 77.5 Å². The molecule has 7 nitrogen and oxygen atoms in total. The molecule has 164 valence electrons. The zero-order valence-corrected chi connectivity index (χ0v) is 18.2. The number of rotatable bonds is 9. The molecule has 1 fully saturated rings. The predicted molar refractivity (Wildman–Crippen MR) is 124 cm³/mol. The Hall–Kier alpha value is -3.06. The second kappa shape index (κ2) is 10.3. The first kappa shape index (κ1) is 21.2. The molecule has 0 atom stereocenters. The fourth-order valence-corrected chi connectivity index (χ4v) is 3.90. The summed E-state index contributed by atoms with van der Waals surface area (Å²) in [5, 5.41) is 7.95. The molecule has 2 aromatic carbocycles. The van der Waals surface area contributed by atoms with Gasteiger partial charge in [-0.15, -0.1) is 0 Å². The number of nitrogens with zero attached hydrogens (tertiary/aromatic N) is 2. The largest absolute Gasteiger partial charge is 0.494 e. The van der Waals surface area contributed by atoms with Crippen LogP contribution in [-0.4, -0.2) is 43.4 Å². The third-order valence-corrected chi connectivity index (χ3v) is 5.52. The molecule has 1 aromatic heterocycles. The average Bonchev–Trinajstić information content (AvgIpc) is 2.81. The molecular formula is C24H30N4O3. The molecule has 0 aliphatic heterocycles. The van der Waals surface area contributed by atoms with Crippen LogP contribution in [0.1, 0.15) is 32.1 Å². The molecule has 1 heterocycles. The number of nitrogens with one attached hydrogen (secondary N) is 2. The van der Waals surface area contributed by atoms with E-state index in [9.17, 15) is 0 Å². The number of ether oxygens (including phenoxy) is 3. The van der Waals surface area contributed by atoms with Crippen LogP contribution in [0.2, 0.25) is 0 Å². The molecule has 0 saturated heterocycles. The zero-order valence-electron chi connectivity index (χ0n) is 18.2. The van der Waals surface area contributed by atoms with Gasteiger partial charge in [0.25, 0.3) is 0 Å². The lowest BCUT2D eigenvalue weighted by Gasteiger charge is -2.24. The van der Waals surface area contributed by atoms with Crippen LogP contribution in [0.3, 0.4) is 0 Å². The van der Waals surface area contributed by atoms with E-state index in [1.54, 1.807) is 14.2 Å². The van der Waals surface area contributed by atoms with Gasteiger partial charge in [0.1, 0.15) is 29.4 Å². The van der Waals surface area contributed by atoms with Gasteiger partial charge in [-0.3, -0.25) is 0 Å². The molecule has 1 aliphatic carbocycles. The number of aromatic nitrogens is 2. The van der Waals surface area contributed by atoms with Gasteiger partial charge in [0.15, 0.2) is 0 Å². The first-order valence-corrected chi connectivity index (χ1v) is 10.9. The van der Waals surface area contributed by atoms with Crippen LogP contribution in [0.4, 0.5) is 17.5 Å². The van der Waals surface area contributed by atoms with Crippen molar-refractivity contribution in [3.05, 3.63) is 42.5 Å². The summed E-state index contributed by atoms with van der Waals surface area (Å²) < 4.78 is 16.2. The van der Waals surface area contributed by atoms with Crippen molar-refractivity contribution >= 4 is 28.4 Å². The van der Waals surface area contributed by atoms with Crippen LogP contribution in [0, 0.1) is 0 Å². The quantitative estimate of drug-likeness (QED) is 0.462. The molecule has 3 aromatic rings. The van der Waals surface area contributed by atoms with Crippen molar-refractivity contribution in [1.82, 2.24) is 9.97 Å². The molecule has 0 amide bonds. The summed E-state index contributed by atoms with van der Waals surface area (Å²) in [6, 6.07) is 14.1. The van der Waals surface area contributed by atoms with Crippen molar-refractivity contribution in [2.45, 2.75) is 38.1 Å². The molecule has 1 saturated carbocycles. The lowest BCUT2D eigenvalue weighted by molar-refractivity contribution is 0.146. The summed E-state index contributed by atoms with van der Waals surface area (Å²) in [6.45, 7) is 1.08. The van der Waals surface area contributed by atoms with E-state index in [2.05, 4.69) is 10.6 Å². The standard InChI is InChI=1S/C24H30N4O3/c1-29-15-16-31-19-13-11-18(12-14-19)26-24-27-22-20(9-6-10-21(22)30-2)23(28-24)25-17-7-4-3-5-8-17/h6,9-14,17H,3-5,7-8,15-16H2,1-2H3,(H2,25,26,27,28). The zero-order chi connectivity index (χ0) is 21.5. The van der Waals surface area contributed by atoms with Gasteiger partial charge in [-0.2, -0.15) is 4.98 Å². The summed E-state index contributed by atoms with van der Waals surface area (Å²) in [6.07, 6.45) is 6.17. The number of fused-ring (bicyclic) bond motifs is 1. The lowest BCUT2D eigenvalue weighted by Crippen LogP contribution is -2.23. The second-order valence-corrected chi connectivity index (χ2v) is 7.72. The third-order valence-electron chi connectivity index (χ3n) is 5.52. The summed E-state index contributed by atoms with van der Waals surface area (Å²) in [5.41, 5.74) is 1.68. The van der Waals surface area contributed by atoms with E-state index in [1.807, 2.05) is 42.5 Å². The highest BCUT2D eigenvalue weighted by molar-refractivity contribution is 5.94. The van der Waals surface area contributed by atoms with Crippen molar-refractivity contribution in [1.29, 1.82) is 0 Å². The van der Waals surface area contributed by atoms with Gasteiger partial charge in [0.2, 0.25) is 5.95 Å². The van der Waals surface area contributed by atoms with Crippen LogP contribution in [0.5, 0.6) is 11.5 Å². The highest BCUT2D eigenvalue weighted by Gasteiger charge is 2.17. The Kier molecular flexibility index (Phi) is 7.04. The van der Waals surface area contributed by atoms with Crippen LogP contribution in [-0.2, 0) is 4.74 Å². The number of hydrogen-bond donors (Lipinski definition) is 2. The number of methoxy groups -OCH3 is 2. The molecular weight excluding hydrogens is 392 g/mol. The Morgan fingerprint density at radius 1 is 0.935 bits per heavy atom. The predicted octanol–water partition coefficient (Wildman–Crippen LogP) is 5.15. The molecule has 0 spiro atoms. The van der Waals surface area contributed by atoms with E-state index in [-0.39, 0.29) is 0 Å². The highest BCUT2D eigenvalue weighted by atomic mass is 16.5. The Morgan fingerprint density at radius 3 is 2.48 bits per heavy atom. The van der Waals surface area contributed by atoms with Crippen molar-refractivity contribution in [2.24, 2.45) is 0 Å². The first-order chi connectivity index (χ1) is 15.3. The van der Waals surface area contributed by atoms with Gasteiger partial charge in [-0.05, 0) is 49.2 Å². The highest BCUT2D eigenvalue weighted by Crippen LogP contribution is 2.32. The summed E-state index contributed by atoms with van der Waals surface area (Å²) in [4.78, 5) is 9.56. The summed E-state index contributed by atoms with van der Waals surface area (Å²) >= 11 is 0. The maximum absolute atomic E-state index is 5.63. The van der Waals surface area contributed by atoms with E-state index in [0.29, 0.717) is 25.2 Å². The van der Waals surface area contributed by atoms with Gasteiger partial charge in [0, 0.05) is 24.2 Å². The molecule has 31 heavy (non-hydrogen) atoms. The molecule has 4 rings (SSSR count). The van der Waals surface area contributed by atoms with Crippen molar-refractivity contribution in [2.75, 3.05) is 38.1 Å². The van der Waals surface area contributed by atoms with Gasteiger partial charge in [0.05, 0.1) is 13.7 Å². The van der Waals surface area contributed by atoms with Crippen molar-refractivity contribution in [3.8, 4) is 11.5 Å². The fourth-order valence-electron chi connectivity index (χ4n) is 3.90. The molecule has 1 aliphatic rings. The van der Waals surface area contributed by atoms with E-state index >= 15 is 0 Å². The van der Waals surface area contributed by atoms with E-state index in [4.69, 9.17) is 24.2 Å². The minimum Gasteiger partial charge on any atom is -0.494 e. The lowest BCUT2D eigenvalue weighted by atomic mass is 9.95. The molecule has 7 heteroatoms. The maximum atomic E-state index is 5.63. The maximum Gasteiger partial charge on any atom is 0.229 e. The number of benzene rings is 2. The summed E-state index contributed by atoms with van der Waals surface area (Å²) in [5.74, 6) is 2.90. The molecule has 0 bridgehead atoms. The minimum atomic E-state index is 0.439. The number of hydrogen-bond acceptors (Lipinski definition) is 7.